The van der Waals surface area contributed by atoms with Crippen molar-refractivity contribution in [1.82, 2.24) is 5.32 Å². The van der Waals surface area contributed by atoms with Crippen LogP contribution in [0.2, 0.25) is 0 Å². The summed E-state index contributed by atoms with van der Waals surface area (Å²) in [5, 5.41) is 14.6. The second-order valence-corrected chi connectivity index (χ2v) is 6.63. The molecule has 0 radical (unpaired) electrons. The molecule has 2 heteroatoms. The SMILES string of the molecule is CC(C)c1ccc(C(O)(CNC2CC2)C2CC2)cc1. The highest BCUT2D eigenvalue weighted by Crippen LogP contribution is 2.45. The maximum Gasteiger partial charge on any atom is 0.105 e. The van der Waals surface area contributed by atoms with Crippen LogP contribution >= 0.6 is 0 Å². The smallest absolute Gasteiger partial charge is 0.105 e. The fourth-order valence-electron chi connectivity index (χ4n) is 2.79. The van der Waals surface area contributed by atoms with Crippen LogP contribution < -0.4 is 5.32 Å². The zero-order chi connectivity index (χ0) is 13.5. The topological polar surface area (TPSA) is 32.3 Å². The zero-order valence-corrected chi connectivity index (χ0v) is 12.0. The highest BCUT2D eigenvalue weighted by atomic mass is 16.3. The lowest BCUT2D eigenvalue weighted by Gasteiger charge is -2.29. The Morgan fingerprint density at radius 3 is 2.26 bits per heavy atom. The molecule has 3 rings (SSSR count). The average molecular weight is 259 g/mol. The third kappa shape index (κ3) is 2.85. The van der Waals surface area contributed by atoms with Gasteiger partial charge in [0.05, 0.1) is 0 Å². The van der Waals surface area contributed by atoms with E-state index in [4.69, 9.17) is 0 Å². The summed E-state index contributed by atoms with van der Waals surface area (Å²) < 4.78 is 0. The van der Waals surface area contributed by atoms with E-state index >= 15 is 0 Å². The minimum Gasteiger partial charge on any atom is -0.384 e. The van der Waals surface area contributed by atoms with E-state index < -0.39 is 5.60 Å². The van der Waals surface area contributed by atoms with Crippen molar-refractivity contribution in [3.63, 3.8) is 0 Å². The molecule has 2 nitrogen and oxygen atoms in total. The van der Waals surface area contributed by atoms with Gasteiger partial charge < -0.3 is 10.4 Å². The van der Waals surface area contributed by atoms with Gasteiger partial charge in [-0.25, -0.2) is 0 Å². The predicted octanol–water partition coefficient (Wildman–Crippen LogP) is 3.16. The van der Waals surface area contributed by atoms with E-state index in [9.17, 15) is 5.11 Å². The van der Waals surface area contributed by atoms with Gasteiger partial charge in [-0.1, -0.05) is 38.1 Å². The Bertz CT molecular complexity index is 431. The van der Waals surface area contributed by atoms with E-state index in [-0.39, 0.29) is 0 Å². The van der Waals surface area contributed by atoms with Gasteiger partial charge in [0.25, 0.3) is 0 Å². The molecular formula is C17H25NO. The molecule has 19 heavy (non-hydrogen) atoms. The van der Waals surface area contributed by atoms with Crippen molar-refractivity contribution in [3.05, 3.63) is 35.4 Å². The molecule has 2 aliphatic rings. The number of nitrogens with one attached hydrogen (secondary N) is 1. The summed E-state index contributed by atoms with van der Waals surface area (Å²) >= 11 is 0. The van der Waals surface area contributed by atoms with Crippen molar-refractivity contribution >= 4 is 0 Å². The Hall–Kier alpha value is -0.860. The average Bonchev–Trinajstić information content (AvgIpc) is 3.29. The molecule has 0 saturated heterocycles. The van der Waals surface area contributed by atoms with E-state index in [1.54, 1.807) is 0 Å². The van der Waals surface area contributed by atoms with Crippen LogP contribution in [0, 0.1) is 5.92 Å². The first kappa shape index (κ1) is 13.1. The van der Waals surface area contributed by atoms with E-state index in [0.29, 0.717) is 24.4 Å². The Morgan fingerprint density at radius 1 is 1.16 bits per heavy atom. The molecule has 0 heterocycles. The Labute approximate surface area is 116 Å². The number of hydrogen-bond donors (Lipinski definition) is 2. The minimum atomic E-state index is -0.655. The second kappa shape index (κ2) is 4.92. The van der Waals surface area contributed by atoms with Crippen LogP contribution in [-0.4, -0.2) is 17.7 Å². The van der Waals surface area contributed by atoms with E-state index in [1.807, 2.05) is 0 Å². The first-order valence-corrected chi connectivity index (χ1v) is 7.66. The molecule has 1 atom stereocenters. The quantitative estimate of drug-likeness (QED) is 0.822. The molecule has 1 aromatic carbocycles. The Morgan fingerprint density at radius 2 is 1.79 bits per heavy atom. The van der Waals surface area contributed by atoms with Crippen LogP contribution in [0.4, 0.5) is 0 Å². The first-order chi connectivity index (χ1) is 9.09. The van der Waals surface area contributed by atoms with Gasteiger partial charge in [0.1, 0.15) is 5.60 Å². The van der Waals surface area contributed by atoms with Gasteiger partial charge in [-0.15, -0.1) is 0 Å². The molecular weight excluding hydrogens is 234 g/mol. The van der Waals surface area contributed by atoms with Crippen molar-refractivity contribution in [3.8, 4) is 0 Å². The van der Waals surface area contributed by atoms with Crippen LogP contribution in [0.5, 0.6) is 0 Å². The molecule has 2 saturated carbocycles. The number of aliphatic hydroxyl groups is 1. The predicted molar refractivity (Wildman–Crippen MR) is 78.2 cm³/mol. The van der Waals surface area contributed by atoms with Gasteiger partial charge in [0, 0.05) is 12.6 Å². The van der Waals surface area contributed by atoms with Crippen LogP contribution in [0.1, 0.15) is 56.6 Å². The molecule has 0 aromatic heterocycles. The van der Waals surface area contributed by atoms with E-state index in [1.165, 1.54) is 18.4 Å². The molecule has 0 spiro atoms. The molecule has 1 aromatic rings. The van der Waals surface area contributed by atoms with Crippen molar-refractivity contribution in [2.75, 3.05) is 6.54 Å². The molecule has 0 aliphatic heterocycles. The number of hydrogen-bond acceptors (Lipinski definition) is 2. The van der Waals surface area contributed by atoms with Gasteiger partial charge in [-0.05, 0) is 48.6 Å². The van der Waals surface area contributed by atoms with Crippen LogP contribution in [0.3, 0.4) is 0 Å². The Balaban J connectivity index is 1.77. The number of rotatable bonds is 6. The van der Waals surface area contributed by atoms with Crippen LogP contribution in [0.25, 0.3) is 0 Å². The van der Waals surface area contributed by atoms with E-state index in [0.717, 1.165) is 18.4 Å². The van der Waals surface area contributed by atoms with Crippen molar-refractivity contribution in [2.45, 2.75) is 57.1 Å². The van der Waals surface area contributed by atoms with Gasteiger partial charge in [-0.2, -0.15) is 0 Å². The third-order valence-electron chi connectivity index (χ3n) is 4.57. The minimum absolute atomic E-state index is 0.448. The maximum absolute atomic E-state index is 11.1. The summed E-state index contributed by atoms with van der Waals surface area (Å²) in [5.74, 6) is 0.997. The van der Waals surface area contributed by atoms with Gasteiger partial charge in [-0.3, -0.25) is 0 Å². The fraction of sp³-hybridized carbons (Fsp3) is 0.647. The zero-order valence-electron chi connectivity index (χ0n) is 12.0. The molecule has 0 bridgehead atoms. The lowest BCUT2D eigenvalue weighted by atomic mass is 9.87. The van der Waals surface area contributed by atoms with Gasteiger partial charge in [0.15, 0.2) is 0 Å². The van der Waals surface area contributed by atoms with Crippen molar-refractivity contribution < 1.29 is 5.11 Å². The molecule has 0 amide bonds. The molecule has 2 N–H and O–H groups in total. The molecule has 104 valence electrons. The molecule has 2 fully saturated rings. The van der Waals surface area contributed by atoms with Crippen molar-refractivity contribution in [2.24, 2.45) is 5.92 Å². The monoisotopic (exact) mass is 259 g/mol. The first-order valence-electron chi connectivity index (χ1n) is 7.66. The second-order valence-electron chi connectivity index (χ2n) is 6.63. The van der Waals surface area contributed by atoms with Gasteiger partial charge in [0.2, 0.25) is 0 Å². The van der Waals surface area contributed by atoms with Gasteiger partial charge >= 0.3 is 0 Å². The van der Waals surface area contributed by atoms with Crippen LogP contribution in [0.15, 0.2) is 24.3 Å². The fourth-order valence-corrected chi connectivity index (χ4v) is 2.79. The summed E-state index contributed by atoms with van der Waals surface area (Å²) in [6.07, 6.45) is 4.86. The maximum atomic E-state index is 11.1. The summed E-state index contributed by atoms with van der Waals surface area (Å²) in [6.45, 7) is 5.12. The standard InChI is InChI=1S/C17H25NO/c1-12(2)13-3-5-14(6-4-13)17(19,15-7-8-15)11-18-16-9-10-16/h3-6,12,15-16,18-19H,7-11H2,1-2H3. The molecule has 2 aliphatic carbocycles. The third-order valence-corrected chi connectivity index (χ3v) is 4.57. The number of benzene rings is 1. The summed E-state index contributed by atoms with van der Waals surface area (Å²) in [4.78, 5) is 0. The highest BCUT2D eigenvalue weighted by Gasteiger charge is 2.45. The lowest BCUT2D eigenvalue weighted by molar-refractivity contribution is 0.0131. The highest BCUT2D eigenvalue weighted by molar-refractivity contribution is 5.31. The molecule has 1 unspecified atom stereocenters. The van der Waals surface area contributed by atoms with E-state index in [2.05, 4.69) is 43.4 Å². The normalized spacial score (nSPS) is 22.5. The summed E-state index contributed by atoms with van der Waals surface area (Å²) in [7, 11) is 0. The Kier molecular flexibility index (Phi) is 3.40. The largest absolute Gasteiger partial charge is 0.384 e. The lowest BCUT2D eigenvalue weighted by Crippen LogP contribution is -2.41. The summed E-state index contributed by atoms with van der Waals surface area (Å²) in [5.41, 5.74) is 1.78. The van der Waals surface area contributed by atoms with Crippen LogP contribution in [-0.2, 0) is 5.60 Å². The summed E-state index contributed by atoms with van der Waals surface area (Å²) in [6, 6.07) is 9.25. The van der Waals surface area contributed by atoms with Crippen molar-refractivity contribution in [1.29, 1.82) is 0 Å².